The first-order valence-corrected chi connectivity index (χ1v) is 16.4. The Balaban J connectivity index is 1.50. The third kappa shape index (κ3) is 7.22. The molecule has 2 N–H and O–H groups in total. The van der Waals surface area contributed by atoms with Crippen LogP contribution in [0.3, 0.4) is 0 Å². The van der Waals surface area contributed by atoms with Crippen LogP contribution in [-0.4, -0.2) is 77.3 Å². The second-order valence-corrected chi connectivity index (χ2v) is 12.5. The number of morpholine rings is 1. The molecule has 1 unspecified atom stereocenters. The van der Waals surface area contributed by atoms with E-state index >= 15 is 0 Å². The summed E-state index contributed by atoms with van der Waals surface area (Å²) in [6, 6.07) is 10.7. The van der Waals surface area contributed by atoms with E-state index in [0.717, 1.165) is 29.7 Å². The summed E-state index contributed by atoms with van der Waals surface area (Å²) in [5, 5.41) is 11.8. The molecular weight excluding hydrogens is 648 g/mol. The van der Waals surface area contributed by atoms with Crippen LogP contribution in [0.2, 0.25) is 0 Å². The van der Waals surface area contributed by atoms with Crippen LogP contribution in [0.1, 0.15) is 43.9 Å². The average molecular weight is 686 g/mol. The van der Waals surface area contributed by atoms with Crippen LogP contribution >= 0.6 is 27.7 Å². The van der Waals surface area contributed by atoms with Crippen molar-refractivity contribution in [2.75, 3.05) is 56.4 Å². The molecule has 1 aromatic heterocycles. The molecule has 5 rings (SSSR count). The fraction of sp³-hybridized carbons (Fsp3) is 0.419. The van der Waals surface area contributed by atoms with Crippen LogP contribution in [0, 0.1) is 6.92 Å². The minimum atomic E-state index is -0.627. The SMILES string of the molecule is CCCCSc1nc2n(n1)C(c1cc(Br)c(OCC(=O)N3CCOCC3)c(OC)c1)C(C(=O)Nc1cccc(C)c1)=C(C)N2. The third-order valence-corrected chi connectivity index (χ3v) is 8.87. The molecule has 234 valence electrons. The summed E-state index contributed by atoms with van der Waals surface area (Å²) in [5.41, 5.74) is 3.61. The topological polar surface area (TPSA) is 120 Å². The lowest BCUT2D eigenvalue weighted by Crippen LogP contribution is -2.43. The van der Waals surface area contributed by atoms with Gasteiger partial charge in [0, 0.05) is 30.2 Å². The predicted octanol–water partition coefficient (Wildman–Crippen LogP) is 5.42. The van der Waals surface area contributed by atoms with E-state index in [4.69, 9.17) is 24.3 Å². The molecule has 0 radical (unpaired) electrons. The van der Waals surface area contributed by atoms with Gasteiger partial charge in [-0.25, -0.2) is 4.68 Å². The van der Waals surface area contributed by atoms with E-state index in [0.29, 0.717) is 70.3 Å². The predicted molar refractivity (Wildman–Crippen MR) is 174 cm³/mol. The zero-order valence-electron chi connectivity index (χ0n) is 25.3. The monoisotopic (exact) mass is 684 g/mol. The van der Waals surface area contributed by atoms with Crippen molar-refractivity contribution in [3.05, 3.63) is 63.3 Å². The van der Waals surface area contributed by atoms with E-state index in [-0.39, 0.29) is 18.4 Å². The van der Waals surface area contributed by atoms with E-state index in [9.17, 15) is 9.59 Å². The van der Waals surface area contributed by atoms with Crippen LogP contribution in [0.25, 0.3) is 0 Å². The second kappa shape index (κ2) is 14.5. The number of aryl methyl sites for hydroxylation is 1. The fourth-order valence-electron chi connectivity index (χ4n) is 5.10. The minimum Gasteiger partial charge on any atom is -0.493 e. The van der Waals surface area contributed by atoms with Crippen molar-refractivity contribution in [1.29, 1.82) is 0 Å². The number of benzene rings is 2. The molecule has 1 atom stereocenters. The van der Waals surface area contributed by atoms with E-state index in [1.807, 2.05) is 50.2 Å². The maximum absolute atomic E-state index is 13.9. The van der Waals surface area contributed by atoms with Gasteiger partial charge in [0.15, 0.2) is 18.1 Å². The quantitative estimate of drug-likeness (QED) is 0.202. The van der Waals surface area contributed by atoms with Crippen LogP contribution < -0.4 is 20.1 Å². The molecule has 0 aliphatic carbocycles. The summed E-state index contributed by atoms with van der Waals surface area (Å²) in [4.78, 5) is 33.2. The second-order valence-electron chi connectivity index (χ2n) is 10.6. The maximum Gasteiger partial charge on any atom is 0.260 e. The normalized spacial score (nSPS) is 16.3. The van der Waals surface area contributed by atoms with E-state index < -0.39 is 6.04 Å². The van der Waals surface area contributed by atoms with Crippen LogP contribution in [-0.2, 0) is 14.3 Å². The number of carbonyl (C=O) groups is 2. The first-order chi connectivity index (χ1) is 21.3. The Kier molecular flexibility index (Phi) is 10.5. The van der Waals surface area contributed by atoms with E-state index in [1.165, 1.54) is 0 Å². The van der Waals surface area contributed by atoms with Gasteiger partial charge in [-0.15, -0.1) is 5.10 Å². The van der Waals surface area contributed by atoms with Crippen LogP contribution in [0.5, 0.6) is 11.5 Å². The molecule has 0 saturated carbocycles. The lowest BCUT2D eigenvalue weighted by Gasteiger charge is -2.29. The molecule has 1 fully saturated rings. The Labute approximate surface area is 269 Å². The Morgan fingerprint density at radius 2 is 2.00 bits per heavy atom. The Morgan fingerprint density at radius 3 is 2.73 bits per heavy atom. The number of allylic oxidation sites excluding steroid dienone is 1. The minimum absolute atomic E-state index is 0.126. The summed E-state index contributed by atoms with van der Waals surface area (Å²) in [6.07, 6.45) is 2.12. The highest BCUT2D eigenvalue weighted by Gasteiger charge is 2.35. The van der Waals surface area contributed by atoms with Gasteiger partial charge in [0.25, 0.3) is 11.8 Å². The molecule has 2 aliphatic rings. The number of halogens is 1. The zero-order valence-corrected chi connectivity index (χ0v) is 27.7. The number of nitrogens with one attached hydrogen (secondary N) is 2. The molecule has 3 heterocycles. The van der Waals surface area contributed by atoms with Crippen molar-refractivity contribution in [2.45, 2.75) is 44.8 Å². The molecule has 11 nitrogen and oxygen atoms in total. The molecule has 44 heavy (non-hydrogen) atoms. The number of aromatic nitrogens is 3. The van der Waals surface area contributed by atoms with Gasteiger partial charge in [-0.05, 0) is 71.6 Å². The number of hydrogen-bond donors (Lipinski definition) is 2. The molecule has 2 amide bonds. The van der Waals surface area contributed by atoms with Crippen molar-refractivity contribution < 1.29 is 23.8 Å². The van der Waals surface area contributed by atoms with Crippen molar-refractivity contribution in [1.82, 2.24) is 19.7 Å². The first kappa shape index (κ1) is 31.9. The van der Waals surface area contributed by atoms with Gasteiger partial charge < -0.3 is 29.7 Å². The lowest BCUT2D eigenvalue weighted by atomic mass is 9.94. The number of nitrogens with zero attached hydrogens (tertiary/aromatic N) is 4. The average Bonchev–Trinajstić information content (AvgIpc) is 3.41. The van der Waals surface area contributed by atoms with Gasteiger partial charge in [-0.2, -0.15) is 4.98 Å². The molecule has 2 aliphatic heterocycles. The summed E-state index contributed by atoms with van der Waals surface area (Å²) in [5.74, 6) is 1.86. The van der Waals surface area contributed by atoms with E-state index in [1.54, 1.807) is 28.5 Å². The number of methoxy groups -OCH3 is 1. The van der Waals surface area contributed by atoms with Crippen LogP contribution in [0.4, 0.5) is 11.6 Å². The van der Waals surface area contributed by atoms with Gasteiger partial charge in [0.2, 0.25) is 11.1 Å². The molecule has 3 aromatic rings. The third-order valence-electron chi connectivity index (χ3n) is 7.35. The zero-order chi connectivity index (χ0) is 31.2. The van der Waals surface area contributed by atoms with Gasteiger partial charge in [-0.1, -0.05) is 37.2 Å². The molecule has 1 saturated heterocycles. The fourth-order valence-corrected chi connectivity index (χ4v) is 6.59. The lowest BCUT2D eigenvalue weighted by molar-refractivity contribution is -0.137. The Bertz CT molecular complexity index is 1550. The highest BCUT2D eigenvalue weighted by molar-refractivity contribution is 9.10. The number of anilines is 2. The highest BCUT2D eigenvalue weighted by Crippen LogP contribution is 2.43. The smallest absolute Gasteiger partial charge is 0.260 e. The van der Waals surface area contributed by atoms with Crippen LogP contribution in [0.15, 0.2) is 57.3 Å². The van der Waals surface area contributed by atoms with Crippen molar-refractivity contribution in [3.63, 3.8) is 0 Å². The van der Waals surface area contributed by atoms with Gasteiger partial charge in [0.05, 0.1) is 30.4 Å². The first-order valence-electron chi connectivity index (χ1n) is 14.6. The van der Waals surface area contributed by atoms with Gasteiger partial charge in [0.1, 0.15) is 6.04 Å². The van der Waals surface area contributed by atoms with Gasteiger partial charge in [-0.3, -0.25) is 9.59 Å². The van der Waals surface area contributed by atoms with Gasteiger partial charge >= 0.3 is 0 Å². The number of ether oxygens (including phenoxy) is 3. The summed E-state index contributed by atoms with van der Waals surface area (Å²) < 4.78 is 19.4. The Hall–Kier alpha value is -3.55. The molecule has 13 heteroatoms. The molecule has 2 aromatic carbocycles. The molecule has 0 spiro atoms. The number of hydrogen-bond acceptors (Lipinski definition) is 9. The highest BCUT2D eigenvalue weighted by atomic mass is 79.9. The Morgan fingerprint density at radius 1 is 1.20 bits per heavy atom. The van der Waals surface area contributed by atoms with E-state index in [2.05, 4.69) is 33.5 Å². The number of fused-ring (bicyclic) bond motifs is 1. The number of thioether (sulfide) groups is 1. The number of rotatable bonds is 11. The maximum atomic E-state index is 13.9. The summed E-state index contributed by atoms with van der Waals surface area (Å²) in [6.45, 7) is 7.94. The summed E-state index contributed by atoms with van der Waals surface area (Å²) in [7, 11) is 1.54. The van der Waals surface area contributed by atoms with Crippen molar-refractivity contribution in [3.8, 4) is 11.5 Å². The largest absolute Gasteiger partial charge is 0.493 e. The van der Waals surface area contributed by atoms with Crippen molar-refractivity contribution >= 4 is 51.1 Å². The standard InChI is InChI=1S/C31H37BrN6O5S/c1-5-6-14-44-31-35-30-33-20(3)26(29(40)34-22-9-7-8-19(2)15-22)27(38(30)36-31)21-16-23(32)28(24(17-21)41-4)43-18-25(39)37-10-12-42-13-11-37/h7-9,15-17,27H,5-6,10-14,18H2,1-4H3,(H,34,40)(H,33,35,36). The number of amides is 2. The number of carbonyl (C=O) groups excluding carboxylic acids is 2. The molecule has 0 bridgehead atoms. The number of unbranched alkanes of at least 4 members (excludes halogenated alkanes) is 1. The summed E-state index contributed by atoms with van der Waals surface area (Å²) >= 11 is 5.23. The molecular formula is C31H37BrN6O5S. The van der Waals surface area contributed by atoms with Crippen molar-refractivity contribution in [2.24, 2.45) is 0 Å².